The van der Waals surface area contributed by atoms with Crippen LogP contribution in [-0.4, -0.2) is 19.1 Å². The van der Waals surface area contributed by atoms with Crippen molar-refractivity contribution in [3.63, 3.8) is 0 Å². The van der Waals surface area contributed by atoms with Gasteiger partial charge in [-0.05, 0) is 5.92 Å². The average molecular weight is 146 g/mol. The van der Waals surface area contributed by atoms with E-state index < -0.39 is 11.9 Å². The molecule has 0 fully saturated rings. The van der Waals surface area contributed by atoms with Gasteiger partial charge in [0.15, 0.2) is 0 Å². The first-order chi connectivity index (χ1) is 4.59. The highest BCUT2D eigenvalue weighted by Crippen LogP contribution is 1.99. The van der Waals surface area contributed by atoms with Crippen molar-refractivity contribution >= 4 is 5.91 Å². The van der Waals surface area contributed by atoms with Gasteiger partial charge in [0, 0.05) is 0 Å². The van der Waals surface area contributed by atoms with E-state index in [1.165, 1.54) is 7.11 Å². The number of hydrogen-bond donors (Lipinski definition) is 2. The first-order valence-electron chi connectivity index (χ1n) is 3.17. The highest BCUT2D eigenvalue weighted by molar-refractivity contribution is 5.79. The molecular formula is C6H14N2O2. The highest BCUT2D eigenvalue weighted by Gasteiger charge is 2.18. The Kier molecular flexibility index (Phi) is 3.99. The van der Waals surface area contributed by atoms with E-state index in [1.54, 1.807) is 0 Å². The molecule has 1 atom stereocenters. The molecule has 0 aromatic rings. The molecule has 0 aromatic heterocycles. The quantitative estimate of drug-likeness (QED) is 0.533. The molecule has 0 saturated heterocycles. The van der Waals surface area contributed by atoms with Gasteiger partial charge in [-0.1, -0.05) is 13.8 Å². The molecule has 0 heterocycles. The third-order valence-corrected chi connectivity index (χ3v) is 1.22. The molecular weight excluding hydrogens is 132 g/mol. The van der Waals surface area contributed by atoms with E-state index in [2.05, 4.69) is 10.3 Å². The van der Waals surface area contributed by atoms with Crippen molar-refractivity contribution in [1.29, 1.82) is 0 Å². The summed E-state index contributed by atoms with van der Waals surface area (Å²) in [5.74, 6) is -0.241. The summed E-state index contributed by atoms with van der Waals surface area (Å²) >= 11 is 0. The highest BCUT2D eigenvalue weighted by atomic mass is 16.6. The fourth-order valence-corrected chi connectivity index (χ4v) is 0.650. The number of nitrogens with two attached hydrogens (primary N) is 1. The zero-order valence-corrected chi connectivity index (χ0v) is 6.55. The SMILES string of the molecule is CONC(C(N)=O)C(C)C. The summed E-state index contributed by atoms with van der Waals surface area (Å²) in [5, 5.41) is 0. The van der Waals surface area contributed by atoms with Gasteiger partial charge in [0.05, 0.1) is 7.11 Å². The standard InChI is InChI=1S/C6H14N2O2/c1-4(2)5(6(7)9)8-10-3/h4-5,8H,1-3H3,(H2,7,9). The Morgan fingerprint density at radius 1 is 1.60 bits per heavy atom. The van der Waals surface area contributed by atoms with Gasteiger partial charge in [-0.2, -0.15) is 5.48 Å². The van der Waals surface area contributed by atoms with Crippen LogP contribution in [0.5, 0.6) is 0 Å². The minimum atomic E-state index is -0.398. The molecule has 0 bridgehead atoms. The number of hydrogen-bond acceptors (Lipinski definition) is 3. The van der Waals surface area contributed by atoms with Crippen molar-refractivity contribution in [2.45, 2.75) is 19.9 Å². The molecule has 0 aromatic carbocycles. The molecule has 0 radical (unpaired) electrons. The summed E-state index contributed by atoms with van der Waals surface area (Å²) < 4.78 is 0. The van der Waals surface area contributed by atoms with Gasteiger partial charge in [0.1, 0.15) is 6.04 Å². The molecule has 0 aliphatic heterocycles. The fourth-order valence-electron chi connectivity index (χ4n) is 0.650. The first kappa shape index (κ1) is 9.39. The van der Waals surface area contributed by atoms with Crippen LogP contribution >= 0.6 is 0 Å². The summed E-state index contributed by atoms with van der Waals surface area (Å²) in [6, 6.07) is -0.398. The zero-order chi connectivity index (χ0) is 8.15. The lowest BCUT2D eigenvalue weighted by atomic mass is 10.1. The smallest absolute Gasteiger partial charge is 0.237 e. The average Bonchev–Trinajstić information content (AvgIpc) is 1.81. The second kappa shape index (κ2) is 4.24. The van der Waals surface area contributed by atoms with E-state index in [-0.39, 0.29) is 5.92 Å². The van der Waals surface area contributed by atoms with Gasteiger partial charge >= 0.3 is 0 Å². The molecule has 4 heteroatoms. The van der Waals surface area contributed by atoms with E-state index in [9.17, 15) is 4.79 Å². The molecule has 1 unspecified atom stereocenters. The molecule has 0 rings (SSSR count). The Balaban J connectivity index is 3.85. The maximum atomic E-state index is 10.6. The minimum Gasteiger partial charge on any atom is -0.368 e. The lowest BCUT2D eigenvalue weighted by Crippen LogP contribution is -2.44. The van der Waals surface area contributed by atoms with Crippen molar-refractivity contribution in [1.82, 2.24) is 5.48 Å². The molecule has 4 nitrogen and oxygen atoms in total. The van der Waals surface area contributed by atoms with E-state index in [1.807, 2.05) is 13.8 Å². The van der Waals surface area contributed by atoms with Crippen LogP contribution in [0.15, 0.2) is 0 Å². The predicted molar refractivity (Wildman–Crippen MR) is 38.0 cm³/mol. The van der Waals surface area contributed by atoms with Gasteiger partial charge < -0.3 is 10.6 Å². The van der Waals surface area contributed by atoms with Gasteiger partial charge in [0.2, 0.25) is 5.91 Å². The fraction of sp³-hybridized carbons (Fsp3) is 0.833. The first-order valence-corrected chi connectivity index (χ1v) is 3.17. The number of carbonyl (C=O) groups is 1. The summed E-state index contributed by atoms with van der Waals surface area (Å²) in [5.41, 5.74) is 7.55. The van der Waals surface area contributed by atoms with E-state index in [4.69, 9.17) is 5.73 Å². The monoisotopic (exact) mass is 146 g/mol. The van der Waals surface area contributed by atoms with E-state index in [0.717, 1.165) is 0 Å². The number of nitrogens with one attached hydrogen (secondary N) is 1. The number of hydroxylamine groups is 1. The van der Waals surface area contributed by atoms with Crippen molar-refractivity contribution in [2.75, 3.05) is 7.11 Å². The molecule has 0 aliphatic carbocycles. The number of rotatable bonds is 4. The topological polar surface area (TPSA) is 64.3 Å². The lowest BCUT2D eigenvalue weighted by Gasteiger charge is -2.16. The van der Waals surface area contributed by atoms with Crippen LogP contribution in [0.2, 0.25) is 0 Å². The second-order valence-corrected chi connectivity index (χ2v) is 2.45. The van der Waals surface area contributed by atoms with Crippen molar-refractivity contribution < 1.29 is 9.63 Å². The number of carbonyl (C=O) groups excluding carboxylic acids is 1. The Bertz CT molecular complexity index is 114. The molecule has 1 amide bonds. The Morgan fingerprint density at radius 3 is 2.20 bits per heavy atom. The van der Waals surface area contributed by atoms with Crippen LogP contribution in [0, 0.1) is 5.92 Å². The molecule has 0 spiro atoms. The largest absolute Gasteiger partial charge is 0.368 e. The maximum absolute atomic E-state index is 10.6. The lowest BCUT2D eigenvalue weighted by molar-refractivity contribution is -0.124. The summed E-state index contributed by atoms with van der Waals surface area (Å²) in [6.07, 6.45) is 0. The molecule has 60 valence electrons. The Labute approximate surface area is 60.7 Å². The van der Waals surface area contributed by atoms with Crippen molar-refractivity contribution in [2.24, 2.45) is 11.7 Å². The molecule has 0 saturated carbocycles. The van der Waals surface area contributed by atoms with Crippen LogP contribution in [0.3, 0.4) is 0 Å². The van der Waals surface area contributed by atoms with E-state index in [0.29, 0.717) is 0 Å². The van der Waals surface area contributed by atoms with Crippen molar-refractivity contribution in [3.05, 3.63) is 0 Å². The summed E-state index contributed by atoms with van der Waals surface area (Å²) in [7, 11) is 1.46. The van der Waals surface area contributed by atoms with Crippen molar-refractivity contribution in [3.8, 4) is 0 Å². The van der Waals surface area contributed by atoms with Gasteiger partial charge in [0.25, 0.3) is 0 Å². The van der Waals surface area contributed by atoms with Gasteiger partial charge in [-0.25, -0.2) is 0 Å². The zero-order valence-electron chi connectivity index (χ0n) is 6.55. The third kappa shape index (κ3) is 2.80. The third-order valence-electron chi connectivity index (χ3n) is 1.22. The van der Waals surface area contributed by atoms with Gasteiger partial charge in [-0.3, -0.25) is 4.79 Å². The van der Waals surface area contributed by atoms with Crippen LogP contribution in [0.1, 0.15) is 13.8 Å². The second-order valence-electron chi connectivity index (χ2n) is 2.45. The molecule has 0 aliphatic rings. The van der Waals surface area contributed by atoms with Crippen LogP contribution in [0.25, 0.3) is 0 Å². The number of primary amides is 1. The minimum absolute atomic E-state index is 0.150. The Hall–Kier alpha value is -0.610. The predicted octanol–water partition coefficient (Wildman–Crippen LogP) is -0.353. The summed E-state index contributed by atoms with van der Waals surface area (Å²) in [6.45, 7) is 3.78. The van der Waals surface area contributed by atoms with Crippen LogP contribution < -0.4 is 11.2 Å². The molecule has 10 heavy (non-hydrogen) atoms. The molecule has 3 N–H and O–H groups in total. The van der Waals surface area contributed by atoms with E-state index >= 15 is 0 Å². The van der Waals surface area contributed by atoms with Crippen LogP contribution in [-0.2, 0) is 9.63 Å². The number of amides is 1. The van der Waals surface area contributed by atoms with Gasteiger partial charge in [-0.15, -0.1) is 0 Å². The normalized spacial score (nSPS) is 13.6. The Morgan fingerprint density at radius 2 is 2.10 bits per heavy atom. The summed E-state index contributed by atoms with van der Waals surface area (Å²) in [4.78, 5) is 15.2. The van der Waals surface area contributed by atoms with Crippen LogP contribution in [0.4, 0.5) is 0 Å². The maximum Gasteiger partial charge on any atom is 0.237 e.